The molecular formula is C21H26O3. The summed E-state index contributed by atoms with van der Waals surface area (Å²) in [6, 6.07) is 17.7. The van der Waals surface area contributed by atoms with Gasteiger partial charge in [-0.1, -0.05) is 61.5 Å². The molecule has 3 heteroatoms. The molecule has 0 bridgehead atoms. The van der Waals surface area contributed by atoms with E-state index in [-0.39, 0.29) is 0 Å². The Kier molecular flexibility index (Phi) is 7.53. The van der Waals surface area contributed by atoms with E-state index in [1.807, 2.05) is 48.5 Å². The first kappa shape index (κ1) is 18.2. The molecular weight excluding hydrogens is 300 g/mol. The lowest BCUT2D eigenvalue weighted by atomic mass is 10.0. The zero-order valence-electron chi connectivity index (χ0n) is 14.4. The third-order valence-corrected chi connectivity index (χ3v) is 3.82. The number of aliphatic hydroxyl groups excluding tert-OH is 1. The third-order valence-electron chi connectivity index (χ3n) is 3.82. The molecule has 128 valence electrons. The number of methoxy groups -OCH3 is 1. The summed E-state index contributed by atoms with van der Waals surface area (Å²) >= 11 is 0. The topological polar surface area (TPSA) is 38.7 Å². The van der Waals surface area contributed by atoms with E-state index in [9.17, 15) is 5.11 Å². The number of benzene rings is 2. The highest BCUT2D eigenvalue weighted by Gasteiger charge is 2.06. The molecule has 2 atom stereocenters. The average molecular weight is 326 g/mol. The molecule has 0 radical (unpaired) electrons. The van der Waals surface area contributed by atoms with Crippen LogP contribution in [0.4, 0.5) is 0 Å². The Hall–Kier alpha value is -2.10. The van der Waals surface area contributed by atoms with Crippen molar-refractivity contribution >= 4 is 0 Å². The Morgan fingerprint density at radius 2 is 1.75 bits per heavy atom. The van der Waals surface area contributed by atoms with Gasteiger partial charge >= 0.3 is 0 Å². The van der Waals surface area contributed by atoms with Crippen LogP contribution in [0.2, 0.25) is 0 Å². The minimum Gasteiger partial charge on any atom is -0.497 e. The van der Waals surface area contributed by atoms with Crippen molar-refractivity contribution in [2.24, 2.45) is 5.92 Å². The van der Waals surface area contributed by atoms with Gasteiger partial charge in [-0.25, -0.2) is 0 Å². The number of aliphatic hydroxyl groups is 1. The van der Waals surface area contributed by atoms with Gasteiger partial charge in [0.2, 0.25) is 0 Å². The van der Waals surface area contributed by atoms with Crippen molar-refractivity contribution in [2.45, 2.75) is 26.1 Å². The molecule has 0 saturated carbocycles. The molecule has 0 aliphatic rings. The highest BCUT2D eigenvalue weighted by molar-refractivity contribution is 5.28. The predicted octanol–water partition coefficient (Wildman–Crippen LogP) is 4.53. The van der Waals surface area contributed by atoms with E-state index in [0.717, 1.165) is 11.3 Å². The monoisotopic (exact) mass is 326 g/mol. The Morgan fingerprint density at radius 1 is 1.04 bits per heavy atom. The first-order valence-corrected chi connectivity index (χ1v) is 8.29. The van der Waals surface area contributed by atoms with E-state index in [1.54, 1.807) is 7.11 Å². The van der Waals surface area contributed by atoms with Crippen molar-refractivity contribution in [1.29, 1.82) is 0 Å². The van der Waals surface area contributed by atoms with Crippen LogP contribution < -0.4 is 4.74 Å². The van der Waals surface area contributed by atoms with Gasteiger partial charge in [-0.05, 0) is 35.6 Å². The molecule has 0 fully saturated rings. The first-order valence-electron chi connectivity index (χ1n) is 8.29. The van der Waals surface area contributed by atoms with Crippen molar-refractivity contribution in [3.63, 3.8) is 0 Å². The second kappa shape index (κ2) is 9.91. The molecule has 2 rings (SSSR count). The molecule has 0 amide bonds. The van der Waals surface area contributed by atoms with Gasteiger partial charge in [0, 0.05) is 0 Å². The summed E-state index contributed by atoms with van der Waals surface area (Å²) < 4.78 is 10.8. The Morgan fingerprint density at radius 3 is 2.42 bits per heavy atom. The predicted molar refractivity (Wildman–Crippen MR) is 97.0 cm³/mol. The summed E-state index contributed by atoms with van der Waals surface area (Å²) in [6.07, 6.45) is 4.21. The van der Waals surface area contributed by atoms with Crippen LogP contribution in [0, 0.1) is 5.92 Å². The van der Waals surface area contributed by atoms with E-state index in [4.69, 9.17) is 9.47 Å². The van der Waals surface area contributed by atoms with Crippen LogP contribution in [0.1, 0.15) is 30.6 Å². The maximum atomic E-state index is 10.2. The van der Waals surface area contributed by atoms with Gasteiger partial charge in [-0.3, -0.25) is 0 Å². The fraction of sp³-hybridized carbons (Fsp3) is 0.333. The van der Waals surface area contributed by atoms with Gasteiger partial charge in [-0.2, -0.15) is 0 Å². The molecule has 0 spiro atoms. The standard InChI is InChI=1S/C21H26O3/c1-17(15-24-16-18-8-4-3-5-9-18)7-6-10-21(22)19-11-13-20(23-2)14-12-19/h3-9,11-14,17,21-22H,10,15-16H2,1-2H3/b7-6-/t17-,21+/m1/s1. The summed E-state index contributed by atoms with van der Waals surface area (Å²) in [5, 5.41) is 10.2. The van der Waals surface area contributed by atoms with E-state index >= 15 is 0 Å². The van der Waals surface area contributed by atoms with Crippen molar-refractivity contribution < 1.29 is 14.6 Å². The molecule has 1 N–H and O–H groups in total. The maximum absolute atomic E-state index is 10.2. The van der Waals surface area contributed by atoms with Crippen LogP contribution in [-0.2, 0) is 11.3 Å². The minimum absolute atomic E-state index is 0.316. The molecule has 0 heterocycles. The minimum atomic E-state index is -0.496. The Bertz CT molecular complexity index is 605. The van der Waals surface area contributed by atoms with Crippen molar-refractivity contribution in [2.75, 3.05) is 13.7 Å². The summed E-state index contributed by atoms with van der Waals surface area (Å²) in [4.78, 5) is 0. The van der Waals surface area contributed by atoms with Crippen molar-refractivity contribution in [3.05, 3.63) is 77.9 Å². The first-order chi connectivity index (χ1) is 11.7. The van der Waals surface area contributed by atoms with E-state index in [2.05, 4.69) is 25.1 Å². The average Bonchev–Trinajstić information content (AvgIpc) is 2.62. The second-order valence-electron chi connectivity index (χ2n) is 5.93. The smallest absolute Gasteiger partial charge is 0.118 e. The van der Waals surface area contributed by atoms with Crippen LogP contribution >= 0.6 is 0 Å². The molecule has 0 saturated heterocycles. The maximum Gasteiger partial charge on any atom is 0.118 e. The van der Waals surface area contributed by atoms with E-state index in [1.165, 1.54) is 5.56 Å². The number of hydrogen-bond acceptors (Lipinski definition) is 3. The molecule has 0 aliphatic heterocycles. The normalized spacial score (nSPS) is 13.8. The fourth-order valence-electron chi connectivity index (χ4n) is 2.39. The van der Waals surface area contributed by atoms with Crippen LogP contribution in [-0.4, -0.2) is 18.8 Å². The molecule has 24 heavy (non-hydrogen) atoms. The Balaban J connectivity index is 1.69. The fourth-order valence-corrected chi connectivity index (χ4v) is 2.39. The summed E-state index contributed by atoms with van der Waals surface area (Å²) in [5.74, 6) is 1.11. The molecule has 2 aromatic rings. The molecule has 0 aliphatic carbocycles. The highest BCUT2D eigenvalue weighted by atomic mass is 16.5. The van der Waals surface area contributed by atoms with Crippen molar-refractivity contribution in [3.8, 4) is 5.75 Å². The number of rotatable bonds is 9. The summed E-state index contributed by atoms with van der Waals surface area (Å²) in [7, 11) is 1.63. The third kappa shape index (κ3) is 6.19. The molecule has 3 nitrogen and oxygen atoms in total. The molecule has 2 aromatic carbocycles. The van der Waals surface area contributed by atoms with Crippen LogP contribution in [0.25, 0.3) is 0 Å². The van der Waals surface area contributed by atoms with Gasteiger partial charge in [0.05, 0.1) is 26.4 Å². The lowest BCUT2D eigenvalue weighted by molar-refractivity contribution is 0.104. The number of ether oxygens (including phenoxy) is 2. The van der Waals surface area contributed by atoms with Crippen molar-refractivity contribution in [1.82, 2.24) is 0 Å². The largest absolute Gasteiger partial charge is 0.497 e. The van der Waals surface area contributed by atoms with Gasteiger partial charge in [-0.15, -0.1) is 0 Å². The number of hydrogen-bond donors (Lipinski definition) is 1. The van der Waals surface area contributed by atoms with Crippen LogP contribution in [0.3, 0.4) is 0 Å². The zero-order chi connectivity index (χ0) is 17.2. The van der Waals surface area contributed by atoms with Crippen LogP contribution in [0.5, 0.6) is 5.75 Å². The second-order valence-corrected chi connectivity index (χ2v) is 5.93. The van der Waals surface area contributed by atoms with Gasteiger partial charge in [0.25, 0.3) is 0 Å². The van der Waals surface area contributed by atoms with E-state index in [0.29, 0.717) is 25.6 Å². The molecule has 0 unspecified atom stereocenters. The lowest BCUT2D eigenvalue weighted by Gasteiger charge is -2.11. The molecule has 0 aromatic heterocycles. The van der Waals surface area contributed by atoms with E-state index < -0.39 is 6.10 Å². The zero-order valence-corrected chi connectivity index (χ0v) is 14.4. The van der Waals surface area contributed by atoms with Crippen LogP contribution in [0.15, 0.2) is 66.7 Å². The van der Waals surface area contributed by atoms with Gasteiger partial charge in [0.1, 0.15) is 5.75 Å². The SMILES string of the molecule is COc1ccc([C@@H](O)C/C=C\[C@@H](C)COCc2ccccc2)cc1. The van der Waals surface area contributed by atoms with Gasteiger partial charge < -0.3 is 14.6 Å². The lowest BCUT2D eigenvalue weighted by Crippen LogP contribution is -2.03. The van der Waals surface area contributed by atoms with Gasteiger partial charge in [0.15, 0.2) is 0 Å². The highest BCUT2D eigenvalue weighted by Crippen LogP contribution is 2.20. The summed E-state index contributed by atoms with van der Waals surface area (Å²) in [6.45, 7) is 3.42. The quantitative estimate of drug-likeness (QED) is 0.688. The Labute approximate surface area is 144 Å². The summed E-state index contributed by atoms with van der Waals surface area (Å²) in [5.41, 5.74) is 2.08.